The number of thiophene rings is 1. The van der Waals surface area contributed by atoms with Gasteiger partial charge >= 0.3 is 0 Å². The summed E-state index contributed by atoms with van der Waals surface area (Å²) < 4.78 is 4.97. The van der Waals surface area contributed by atoms with Gasteiger partial charge in [-0.25, -0.2) is 0 Å². The molecule has 61 heavy (non-hydrogen) atoms. The zero-order valence-corrected chi connectivity index (χ0v) is 35.6. The van der Waals surface area contributed by atoms with E-state index < -0.39 is 0 Å². The number of benzene rings is 7. The lowest BCUT2D eigenvalue weighted by molar-refractivity contribution is 0.859. The Morgan fingerprint density at radius 1 is 0.574 bits per heavy atom. The van der Waals surface area contributed by atoms with Crippen LogP contribution < -0.4 is 9.80 Å². The summed E-state index contributed by atoms with van der Waals surface area (Å²) >= 11 is 1.85. The van der Waals surface area contributed by atoms with Gasteiger partial charge < -0.3 is 14.4 Å². The van der Waals surface area contributed by atoms with Crippen LogP contribution in [-0.2, 0) is 6.42 Å². The summed E-state index contributed by atoms with van der Waals surface area (Å²) in [6, 6.07) is 55.9. The molecule has 7 aromatic carbocycles. The smallest absolute Gasteiger partial charge is 0.0548 e. The Kier molecular flexibility index (Phi) is 10.1. The van der Waals surface area contributed by atoms with Crippen molar-refractivity contribution >= 4 is 81.6 Å². The van der Waals surface area contributed by atoms with Gasteiger partial charge in [0.25, 0.3) is 0 Å². The fraction of sp³-hybridized carbons (Fsp3) is 0.0877. The van der Waals surface area contributed by atoms with Crippen LogP contribution >= 0.6 is 11.3 Å². The summed E-state index contributed by atoms with van der Waals surface area (Å²) in [4.78, 5) is 4.74. The summed E-state index contributed by atoms with van der Waals surface area (Å²) in [5.74, 6) is 0. The third kappa shape index (κ3) is 6.70. The molecule has 0 saturated carbocycles. The van der Waals surface area contributed by atoms with Crippen LogP contribution in [0.15, 0.2) is 207 Å². The van der Waals surface area contributed by atoms with Gasteiger partial charge in [0.1, 0.15) is 0 Å². The van der Waals surface area contributed by atoms with Gasteiger partial charge in [0.05, 0.1) is 16.7 Å². The first-order valence-electron chi connectivity index (χ1n) is 21.3. The number of fused-ring (bicyclic) bond motifs is 9. The van der Waals surface area contributed by atoms with Gasteiger partial charge in [-0.1, -0.05) is 136 Å². The van der Waals surface area contributed by atoms with Crippen molar-refractivity contribution in [2.75, 3.05) is 9.80 Å². The molecule has 0 radical (unpaired) electrons. The molecule has 2 aromatic heterocycles. The quantitative estimate of drug-likeness (QED) is 0.176. The van der Waals surface area contributed by atoms with E-state index in [1.54, 1.807) is 0 Å². The first kappa shape index (κ1) is 38.1. The van der Waals surface area contributed by atoms with E-state index in [0.717, 1.165) is 29.1 Å². The Bertz CT molecular complexity index is 3250. The van der Waals surface area contributed by atoms with Crippen LogP contribution in [0.5, 0.6) is 0 Å². The summed E-state index contributed by atoms with van der Waals surface area (Å²) in [5, 5.41) is 5.02. The summed E-state index contributed by atoms with van der Waals surface area (Å²) in [7, 11) is 0. The number of hydrogen-bond acceptors (Lipinski definition) is 3. The molecule has 0 spiro atoms. The van der Waals surface area contributed by atoms with Gasteiger partial charge in [-0.15, -0.1) is 11.3 Å². The minimum atomic E-state index is 0.170. The van der Waals surface area contributed by atoms with E-state index in [-0.39, 0.29) is 6.04 Å². The van der Waals surface area contributed by atoms with Crippen molar-refractivity contribution in [3.05, 3.63) is 218 Å². The highest BCUT2D eigenvalue weighted by Crippen LogP contribution is 2.46. The van der Waals surface area contributed by atoms with Gasteiger partial charge in [-0.3, -0.25) is 0 Å². The molecule has 0 aliphatic carbocycles. The minimum absolute atomic E-state index is 0.170. The predicted octanol–water partition coefficient (Wildman–Crippen LogP) is 16.3. The highest BCUT2D eigenvalue weighted by atomic mass is 32.1. The maximum atomic E-state index is 4.55. The third-order valence-electron chi connectivity index (χ3n) is 11.9. The number of nitrogens with zero attached hydrogens (tertiary/aromatic N) is 3. The van der Waals surface area contributed by atoms with Crippen LogP contribution in [0.4, 0.5) is 22.7 Å². The average Bonchev–Trinajstić information content (AvgIpc) is 3.86. The fourth-order valence-electron chi connectivity index (χ4n) is 9.11. The summed E-state index contributed by atoms with van der Waals surface area (Å²) in [6.07, 6.45) is 18.2. The van der Waals surface area contributed by atoms with Gasteiger partial charge in [-0.2, -0.15) is 0 Å². The largest absolute Gasteiger partial charge is 0.334 e. The van der Waals surface area contributed by atoms with Crippen LogP contribution in [-0.4, -0.2) is 10.6 Å². The Hall–Kier alpha value is -7.14. The second-order valence-corrected chi connectivity index (χ2v) is 16.5. The molecular formula is C57H47N3S. The van der Waals surface area contributed by atoms with E-state index in [4.69, 9.17) is 0 Å². The molecule has 1 atom stereocenters. The molecule has 0 saturated heterocycles. The van der Waals surface area contributed by atoms with Crippen LogP contribution in [0.2, 0.25) is 0 Å². The van der Waals surface area contributed by atoms with E-state index >= 15 is 0 Å². The van der Waals surface area contributed by atoms with Crippen LogP contribution in [0, 0.1) is 0 Å². The number of rotatable bonds is 4. The fourth-order valence-corrected chi connectivity index (χ4v) is 10.4. The number of aromatic nitrogens is 1. The highest BCUT2D eigenvalue weighted by Gasteiger charge is 2.22. The van der Waals surface area contributed by atoms with E-state index in [1.807, 2.05) is 25.2 Å². The van der Waals surface area contributed by atoms with Crippen molar-refractivity contribution in [2.24, 2.45) is 0 Å². The molecule has 2 aliphatic rings. The Labute approximate surface area is 362 Å². The van der Waals surface area contributed by atoms with E-state index in [0.29, 0.717) is 0 Å². The van der Waals surface area contributed by atoms with E-state index in [9.17, 15) is 0 Å². The monoisotopic (exact) mass is 805 g/mol. The minimum Gasteiger partial charge on any atom is -0.334 e. The predicted molar refractivity (Wildman–Crippen MR) is 266 cm³/mol. The van der Waals surface area contributed by atoms with Gasteiger partial charge in [-0.05, 0) is 114 Å². The van der Waals surface area contributed by atoms with Gasteiger partial charge in [0, 0.05) is 71.5 Å². The zero-order valence-electron chi connectivity index (χ0n) is 34.8. The molecule has 4 heteroatoms. The number of para-hydroxylation sites is 3. The maximum Gasteiger partial charge on any atom is 0.0548 e. The van der Waals surface area contributed by atoms with Crippen LogP contribution in [0.1, 0.15) is 31.9 Å². The Morgan fingerprint density at radius 3 is 2.20 bits per heavy atom. The van der Waals surface area contributed by atoms with Crippen LogP contribution in [0.3, 0.4) is 0 Å². The van der Waals surface area contributed by atoms with E-state index in [1.165, 1.54) is 75.6 Å². The molecule has 1 unspecified atom stereocenters. The van der Waals surface area contributed by atoms with Gasteiger partial charge in [0.15, 0.2) is 0 Å². The number of hydrogen-bond donors (Lipinski definition) is 0. The van der Waals surface area contributed by atoms with Crippen molar-refractivity contribution in [2.45, 2.75) is 33.2 Å². The first-order chi connectivity index (χ1) is 30.1. The summed E-state index contributed by atoms with van der Waals surface area (Å²) in [5.41, 5.74) is 14.1. The second-order valence-electron chi connectivity index (χ2n) is 15.4. The van der Waals surface area contributed by atoms with Crippen molar-refractivity contribution < 1.29 is 0 Å². The number of anilines is 4. The van der Waals surface area contributed by atoms with Crippen molar-refractivity contribution in [3.63, 3.8) is 0 Å². The van der Waals surface area contributed by atoms with Crippen molar-refractivity contribution in [1.82, 2.24) is 4.57 Å². The Balaban J connectivity index is 0.00000220. The third-order valence-corrected chi connectivity index (χ3v) is 13.1. The van der Waals surface area contributed by atoms with Gasteiger partial charge in [0.2, 0.25) is 0 Å². The molecule has 11 rings (SSSR count). The second kappa shape index (κ2) is 16.1. The molecule has 9 aromatic rings. The van der Waals surface area contributed by atoms with E-state index in [2.05, 4.69) is 228 Å². The Morgan fingerprint density at radius 2 is 1.31 bits per heavy atom. The number of allylic oxidation sites excluding steroid dienone is 7. The van der Waals surface area contributed by atoms with Crippen molar-refractivity contribution in [1.29, 1.82) is 0 Å². The average molecular weight is 806 g/mol. The SMILES string of the molecule is C=C1/C=C\C=C/N(c2ccccc2)c2ccc3c(sc4ccc(-c5ccc6c(c5)c5ccccc5n6-c5cccc(N6c7ccccc7C/C=C\C=C/C6C)c5)cc43)c21.CC. The normalized spacial score (nSPS) is 17.0. The maximum absolute atomic E-state index is 4.55. The lowest BCUT2D eigenvalue weighted by atomic mass is 9.97. The molecule has 4 heterocycles. The topological polar surface area (TPSA) is 11.4 Å². The molecular weight excluding hydrogens is 759 g/mol. The lowest BCUT2D eigenvalue weighted by Gasteiger charge is -2.31. The molecule has 0 N–H and O–H groups in total. The first-order valence-corrected chi connectivity index (χ1v) is 22.1. The molecule has 0 fully saturated rings. The molecule has 296 valence electrons. The van der Waals surface area contributed by atoms with Crippen LogP contribution in [0.25, 0.3) is 64.4 Å². The standard InChI is InChI=1S/C55H41N3S.C2H6/c1-37-16-13-14-33-56(42-20-7-4-8-21-42)52-31-29-46-48-35-41(28-32-53(48)59-55(46)54(37)52)40-27-30-51-47(34-40)45-24-10-12-26-50(45)58(51)44-23-15-22-43(36-44)57-38(2)17-5-3-6-18-39-19-9-11-25-49(39)57;1-2/h3-17,19-36,38H,1,18H2,2H3;1-2H3/b6-3-,16-13-,17-5-,33-14-;. The molecule has 3 nitrogen and oxygen atoms in total. The lowest BCUT2D eigenvalue weighted by Crippen LogP contribution is -2.27. The molecule has 0 amide bonds. The highest BCUT2D eigenvalue weighted by molar-refractivity contribution is 7.26. The van der Waals surface area contributed by atoms with Crippen molar-refractivity contribution in [3.8, 4) is 16.8 Å². The molecule has 0 bridgehead atoms. The summed E-state index contributed by atoms with van der Waals surface area (Å²) in [6.45, 7) is 10.8. The zero-order chi connectivity index (χ0) is 41.5. The molecule has 2 aliphatic heterocycles.